The van der Waals surface area contributed by atoms with E-state index in [0.717, 1.165) is 32.2 Å². The summed E-state index contributed by atoms with van der Waals surface area (Å²) < 4.78 is 15.5. The minimum absolute atomic E-state index is 0.0718. The van der Waals surface area contributed by atoms with Gasteiger partial charge in [-0.25, -0.2) is 9.38 Å². The van der Waals surface area contributed by atoms with E-state index in [9.17, 15) is 4.79 Å². The van der Waals surface area contributed by atoms with Gasteiger partial charge in [0.2, 0.25) is 0 Å². The summed E-state index contributed by atoms with van der Waals surface area (Å²) in [4.78, 5) is 18.5. The summed E-state index contributed by atoms with van der Waals surface area (Å²) in [5.74, 6) is 1.34. The van der Waals surface area contributed by atoms with Crippen molar-refractivity contribution in [3.63, 3.8) is 0 Å². The van der Waals surface area contributed by atoms with Crippen LogP contribution < -0.4 is 19.6 Å². The topological polar surface area (TPSA) is 52.8 Å². The average molecular weight is 547 g/mol. The van der Waals surface area contributed by atoms with Gasteiger partial charge in [-0.2, -0.15) is 0 Å². The number of para-hydroxylation sites is 2. The van der Waals surface area contributed by atoms with Crippen molar-refractivity contribution in [3.05, 3.63) is 109 Å². The molecule has 176 valence electrons. The molecule has 5 nitrogen and oxygen atoms in total. The van der Waals surface area contributed by atoms with Gasteiger partial charge >= 0.3 is 0 Å². The van der Waals surface area contributed by atoms with Gasteiger partial charge in [0.25, 0.3) is 5.56 Å². The maximum absolute atomic E-state index is 13.2. The summed E-state index contributed by atoms with van der Waals surface area (Å²) >= 11 is 4.85. The lowest BCUT2D eigenvalue weighted by atomic mass is 10.1. The van der Waals surface area contributed by atoms with E-state index in [1.165, 1.54) is 11.3 Å². The molecular weight excluding hydrogens is 524 g/mol. The highest BCUT2D eigenvalue weighted by atomic mass is 79.9. The molecular formula is C28H23BrN2O3S. The average Bonchev–Trinajstić information content (AvgIpc) is 3.36. The van der Waals surface area contributed by atoms with Gasteiger partial charge < -0.3 is 9.47 Å². The molecule has 35 heavy (non-hydrogen) atoms. The predicted molar refractivity (Wildman–Crippen MR) is 146 cm³/mol. The molecule has 0 spiro atoms. The fourth-order valence-corrected chi connectivity index (χ4v) is 5.25. The van der Waals surface area contributed by atoms with Crippen molar-refractivity contribution in [1.29, 1.82) is 0 Å². The highest BCUT2D eigenvalue weighted by Crippen LogP contribution is 2.35. The predicted octanol–water partition coefficient (Wildman–Crippen LogP) is 5.93. The number of hydrogen-bond donors (Lipinski definition) is 0. The van der Waals surface area contributed by atoms with Gasteiger partial charge in [-0.15, -0.1) is 6.58 Å². The van der Waals surface area contributed by atoms with Crippen molar-refractivity contribution >= 4 is 49.3 Å². The van der Waals surface area contributed by atoms with Crippen LogP contribution >= 0.6 is 27.3 Å². The first kappa shape index (κ1) is 23.3. The monoisotopic (exact) mass is 546 g/mol. The van der Waals surface area contributed by atoms with Crippen LogP contribution in [0.4, 0.5) is 0 Å². The molecule has 0 aliphatic heterocycles. The number of aromatic nitrogens is 2. The Morgan fingerprint density at radius 2 is 1.91 bits per heavy atom. The number of rotatable bonds is 8. The largest absolute Gasteiger partial charge is 0.490 e. The molecule has 0 radical (unpaired) electrons. The number of allylic oxidation sites excluding steroid dienone is 1. The molecule has 7 heteroatoms. The second-order valence-corrected chi connectivity index (χ2v) is 9.91. The van der Waals surface area contributed by atoms with Gasteiger partial charge in [0.1, 0.15) is 6.61 Å². The van der Waals surface area contributed by atoms with Gasteiger partial charge in [-0.1, -0.05) is 57.6 Å². The SMILES string of the molecule is C=CCc1cc(/C=c2\sc3nc4ccccc4n3c2=O)cc(OCC)c1OCc1ccc(Br)cc1. The summed E-state index contributed by atoms with van der Waals surface area (Å²) in [6.07, 6.45) is 4.34. The molecule has 0 aliphatic carbocycles. The summed E-state index contributed by atoms with van der Waals surface area (Å²) in [5, 5.41) is 0. The Morgan fingerprint density at radius 3 is 2.69 bits per heavy atom. The maximum Gasteiger partial charge on any atom is 0.274 e. The Kier molecular flexibility index (Phi) is 6.70. The Morgan fingerprint density at radius 1 is 1.11 bits per heavy atom. The standard InChI is InChI=1S/C28H23BrN2O3S/c1-3-7-20-14-19(15-24(33-4-2)26(20)34-17-18-10-12-21(29)13-11-18)16-25-27(32)31-23-9-6-5-8-22(23)30-28(31)35-25/h3,5-6,8-16H,1,4,7,17H2,2H3/b25-16-. The summed E-state index contributed by atoms with van der Waals surface area (Å²) in [7, 11) is 0. The lowest BCUT2D eigenvalue weighted by molar-refractivity contribution is 0.267. The van der Waals surface area contributed by atoms with E-state index in [-0.39, 0.29) is 5.56 Å². The number of fused-ring (bicyclic) bond motifs is 3. The molecule has 0 saturated heterocycles. The third kappa shape index (κ3) is 4.74. The van der Waals surface area contributed by atoms with Crippen molar-refractivity contribution < 1.29 is 9.47 Å². The van der Waals surface area contributed by atoms with Crippen molar-refractivity contribution in [3.8, 4) is 11.5 Å². The van der Waals surface area contributed by atoms with Crippen LogP contribution in [-0.4, -0.2) is 16.0 Å². The quantitative estimate of drug-likeness (QED) is 0.226. The third-order valence-electron chi connectivity index (χ3n) is 5.56. The van der Waals surface area contributed by atoms with E-state index in [1.807, 2.05) is 79.7 Å². The maximum atomic E-state index is 13.2. The fourth-order valence-electron chi connectivity index (χ4n) is 4.00. The second-order valence-electron chi connectivity index (χ2n) is 7.98. The molecule has 3 aromatic carbocycles. The number of ether oxygens (including phenoxy) is 2. The molecule has 0 saturated carbocycles. The van der Waals surface area contributed by atoms with Crippen molar-refractivity contribution in [2.24, 2.45) is 0 Å². The lowest BCUT2D eigenvalue weighted by Gasteiger charge is -2.17. The van der Waals surface area contributed by atoms with Crippen molar-refractivity contribution in [2.75, 3.05) is 6.61 Å². The molecule has 0 fully saturated rings. The Balaban J connectivity index is 1.57. The molecule has 2 heterocycles. The van der Waals surface area contributed by atoms with Gasteiger partial charge in [-0.05, 0) is 66.9 Å². The van der Waals surface area contributed by atoms with Crippen LogP contribution in [0.1, 0.15) is 23.6 Å². The molecule has 0 amide bonds. The summed E-state index contributed by atoms with van der Waals surface area (Å²) in [5.41, 5.74) is 4.45. The Labute approximate surface area is 215 Å². The first-order valence-electron chi connectivity index (χ1n) is 11.3. The van der Waals surface area contributed by atoms with E-state index < -0.39 is 0 Å². The van der Waals surface area contributed by atoms with Crippen LogP contribution in [0.3, 0.4) is 0 Å². The molecule has 5 rings (SSSR count). The van der Waals surface area contributed by atoms with Gasteiger partial charge in [-0.3, -0.25) is 4.79 Å². The van der Waals surface area contributed by atoms with E-state index in [0.29, 0.717) is 40.6 Å². The number of thiazole rings is 1. The Bertz CT molecular complexity index is 1640. The first-order chi connectivity index (χ1) is 17.1. The van der Waals surface area contributed by atoms with Gasteiger partial charge in [0, 0.05) is 10.0 Å². The minimum atomic E-state index is -0.0718. The van der Waals surface area contributed by atoms with Crippen molar-refractivity contribution in [1.82, 2.24) is 9.38 Å². The number of imidazole rings is 1. The first-order valence-corrected chi connectivity index (χ1v) is 12.9. The summed E-state index contributed by atoms with van der Waals surface area (Å²) in [6, 6.07) is 19.7. The normalized spacial score (nSPS) is 11.9. The van der Waals surface area contributed by atoms with Crippen LogP contribution in [-0.2, 0) is 13.0 Å². The molecule has 0 aliphatic rings. The van der Waals surface area contributed by atoms with E-state index >= 15 is 0 Å². The molecule has 0 N–H and O–H groups in total. The second kappa shape index (κ2) is 10.1. The van der Waals surface area contributed by atoms with Crippen LogP contribution in [0, 0.1) is 0 Å². The zero-order chi connectivity index (χ0) is 24.4. The lowest BCUT2D eigenvalue weighted by Crippen LogP contribution is -2.22. The third-order valence-corrected chi connectivity index (χ3v) is 7.06. The van der Waals surface area contributed by atoms with E-state index in [2.05, 4.69) is 27.5 Å². The zero-order valence-corrected chi connectivity index (χ0v) is 21.6. The van der Waals surface area contributed by atoms with Crippen LogP contribution in [0.25, 0.3) is 22.1 Å². The molecule has 0 atom stereocenters. The van der Waals surface area contributed by atoms with E-state index in [4.69, 9.17) is 9.47 Å². The Hall–Kier alpha value is -3.42. The number of nitrogens with zero attached hydrogens (tertiary/aromatic N) is 2. The van der Waals surface area contributed by atoms with Gasteiger partial charge in [0.05, 0.1) is 22.2 Å². The van der Waals surface area contributed by atoms with Crippen LogP contribution in [0.5, 0.6) is 11.5 Å². The molecule has 5 aromatic rings. The van der Waals surface area contributed by atoms with E-state index in [1.54, 1.807) is 4.40 Å². The molecule has 0 bridgehead atoms. The minimum Gasteiger partial charge on any atom is -0.490 e. The molecule has 0 unspecified atom stereocenters. The van der Waals surface area contributed by atoms with Crippen LogP contribution in [0.2, 0.25) is 0 Å². The number of hydrogen-bond acceptors (Lipinski definition) is 5. The number of benzene rings is 3. The van der Waals surface area contributed by atoms with Crippen molar-refractivity contribution in [2.45, 2.75) is 20.0 Å². The summed E-state index contributed by atoms with van der Waals surface area (Å²) in [6.45, 7) is 6.76. The van der Waals surface area contributed by atoms with Crippen LogP contribution in [0.15, 0.2) is 82.6 Å². The zero-order valence-electron chi connectivity index (χ0n) is 19.2. The number of halogens is 1. The highest BCUT2D eigenvalue weighted by molar-refractivity contribution is 9.10. The smallest absolute Gasteiger partial charge is 0.274 e. The highest BCUT2D eigenvalue weighted by Gasteiger charge is 2.15. The fraction of sp³-hybridized carbons (Fsp3) is 0.143. The van der Waals surface area contributed by atoms with Gasteiger partial charge in [0.15, 0.2) is 16.5 Å². The molecule has 2 aromatic heterocycles.